The molecule has 1 heterocycles. The zero-order valence-corrected chi connectivity index (χ0v) is 11.1. The summed E-state index contributed by atoms with van der Waals surface area (Å²) in [6, 6.07) is 12.0. The number of primary amides is 1. The fourth-order valence-corrected chi connectivity index (χ4v) is 2.95. The van der Waals surface area contributed by atoms with Crippen molar-refractivity contribution in [1.29, 1.82) is 0 Å². The minimum atomic E-state index is -1.15. The molecule has 0 saturated carbocycles. The smallest absolute Gasteiger partial charge is 0.247 e. The third-order valence-electron chi connectivity index (χ3n) is 3.94. The van der Waals surface area contributed by atoms with E-state index in [0.717, 1.165) is 16.7 Å². The number of hydrogen-bond acceptors (Lipinski definition) is 2. The molecule has 4 heteroatoms. The number of nitrogens with two attached hydrogens (primary N) is 1. The van der Waals surface area contributed by atoms with Crippen LogP contribution in [0.1, 0.15) is 22.3 Å². The Labute approximate surface area is 116 Å². The number of fused-ring (bicyclic) bond motifs is 1. The summed E-state index contributed by atoms with van der Waals surface area (Å²) >= 11 is 0. The van der Waals surface area contributed by atoms with Crippen molar-refractivity contribution >= 4 is 5.91 Å². The number of halogens is 1. The number of carbonyl (C=O) groups excluding carboxylic acids is 1. The molecule has 1 aliphatic rings. The van der Waals surface area contributed by atoms with E-state index in [9.17, 15) is 9.18 Å². The van der Waals surface area contributed by atoms with Crippen LogP contribution in [-0.4, -0.2) is 5.91 Å². The maximum Gasteiger partial charge on any atom is 0.247 e. The van der Waals surface area contributed by atoms with Gasteiger partial charge in [0.1, 0.15) is 11.4 Å². The monoisotopic (exact) mass is 270 g/mol. The number of rotatable bonds is 2. The Kier molecular flexibility index (Phi) is 2.83. The summed E-state index contributed by atoms with van der Waals surface area (Å²) in [6.45, 7) is 2.39. The zero-order chi connectivity index (χ0) is 14.3. The molecule has 3 nitrogen and oxygen atoms in total. The molecule has 0 saturated heterocycles. The van der Waals surface area contributed by atoms with E-state index in [-0.39, 0.29) is 5.82 Å². The molecule has 1 aliphatic heterocycles. The van der Waals surface area contributed by atoms with Gasteiger partial charge in [-0.3, -0.25) is 10.1 Å². The van der Waals surface area contributed by atoms with Gasteiger partial charge in [-0.25, -0.2) is 4.39 Å². The molecule has 0 aromatic heterocycles. The van der Waals surface area contributed by atoms with Gasteiger partial charge in [0.25, 0.3) is 0 Å². The molecule has 0 aliphatic carbocycles. The van der Waals surface area contributed by atoms with E-state index < -0.39 is 11.4 Å². The number of carbonyl (C=O) groups is 1. The van der Waals surface area contributed by atoms with Gasteiger partial charge in [0, 0.05) is 6.54 Å². The first-order chi connectivity index (χ1) is 9.55. The van der Waals surface area contributed by atoms with Crippen molar-refractivity contribution in [2.45, 2.75) is 19.0 Å². The van der Waals surface area contributed by atoms with Gasteiger partial charge in [-0.05, 0) is 41.3 Å². The summed E-state index contributed by atoms with van der Waals surface area (Å²) in [5.41, 5.74) is 7.75. The minimum Gasteiger partial charge on any atom is -0.367 e. The van der Waals surface area contributed by atoms with Gasteiger partial charge in [-0.1, -0.05) is 30.3 Å². The standard InChI is InChI=1S/C16H15FN2O/c1-10-6-7-12(17)8-14(10)16(15(18)20)13-5-3-2-4-11(13)9-19-16/h2-8,19H,9H2,1H3,(H2,18,20). The van der Waals surface area contributed by atoms with Gasteiger partial charge >= 0.3 is 0 Å². The molecule has 0 bridgehead atoms. The van der Waals surface area contributed by atoms with Crippen LogP contribution in [0.4, 0.5) is 4.39 Å². The molecule has 2 aromatic carbocycles. The van der Waals surface area contributed by atoms with Gasteiger partial charge in [0.05, 0.1) is 0 Å². The van der Waals surface area contributed by atoms with E-state index in [4.69, 9.17) is 5.73 Å². The third kappa shape index (κ3) is 1.65. The minimum absolute atomic E-state index is 0.377. The summed E-state index contributed by atoms with van der Waals surface area (Å²) < 4.78 is 13.6. The van der Waals surface area contributed by atoms with Gasteiger partial charge in [0.15, 0.2) is 0 Å². The molecule has 0 fully saturated rings. The second-order valence-corrected chi connectivity index (χ2v) is 5.08. The van der Waals surface area contributed by atoms with Crippen LogP contribution < -0.4 is 11.1 Å². The van der Waals surface area contributed by atoms with Crippen LogP contribution in [0, 0.1) is 12.7 Å². The van der Waals surface area contributed by atoms with Gasteiger partial charge < -0.3 is 5.73 Å². The Morgan fingerprint density at radius 2 is 2.00 bits per heavy atom. The van der Waals surface area contributed by atoms with Gasteiger partial charge in [0.2, 0.25) is 5.91 Å². The van der Waals surface area contributed by atoms with E-state index in [2.05, 4.69) is 5.32 Å². The lowest BCUT2D eigenvalue weighted by atomic mass is 9.81. The number of aryl methyl sites for hydroxylation is 1. The number of amides is 1. The fraction of sp³-hybridized carbons (Fsp3) is 0.188. The summed E-state index contributed by atoms with van der Waals surface area (Å²) in [5, 5.41) is 3.18. The highest BCUT2D eigenvalue weighted by Gasteiger charge is 2.46. The van der Waals surface area contributed by atoms with Gasteiger partial charge in [-0.2, -0.15) is 0 Å². The fourth-order valence-electron chi connectivity index (χ4n) is 2.95. The SMILES string of the molecule is Cc1ccc(F)cc1C1(C(N)=O)NCc2ccccc21. The second-order valence-electron chi connectivity index (χ2n) is 5.08. The van der Waals surface area contributed by atoms with Crippen LogP contribution in [0.3, 0.4) is 0 Å². The molecule has 20 heavy (non-hydrogen) atoms. The van der Waals surface area contributed by atoms with E-state index >= 15 is 0 Å². The van der Waals surface area contributed by atoms with Crippen molar-refractivity contribution in [2.24, 2.45) is 5.73 Å². The van der Waals surface area contributed by atoms with Gasteiger partial charge in [-0.15, -0.1) is 0 Å². The Bertz CT molecular complexity index is 699. The third-order valence-corrected chi connectivity index (χ3v) is 3.94. The number of hydrogen-bond donors (Lipinski definition) is 2. The lowest BCUT2D eigenvalue weighted by Crippen LogP contribution is -2.50. The number of benzene rings is 2. The van der Waals surface area contributed by atoms with Crippen LogP contribution in [0.5, 0.6) is 0 Å². The quantitative estimate of drug-likeness (QED) is 0.876. The van der Waals surface area contributed by atoms with Crippen molar-refractivity contribution in [3.8, 4) is 0 Å². The lowest BCUT2D eigenvalue weighted by Gasteiger charge is -2.29. The Hall–Kier alpha value is -2.20. The molecule has 102 valence electrons. The molecular weight excluding hydrogens is 255 g/mol. The van der Waals surface area contributed by atoms with Crippen molar-refractivity contribution in [1.82, 2.24) is 5.32 Å². The molecule has 1 unspecified atom stereocenters. The highest BCUT2D eigenvalue weighted by molar-refractivity contribution is 5.92. The van der Waals surface area contributed by atoms with Crippen molar-refractivity contribution in [3.05, 3.63) is 70.5 Å². The van der Waals surface area contributed by atoms with Crippen LogP contribution in [0.25, 0.3) is 0 Å². The van der Waals surface area contributed by atoms with Crippen LogP contribution in [0.2, 0.25) is 0 Å². The molecule has 3 N–H and O–H groups in total. The summed E-state index contributed by atoms with van der Waals surface area (Å²) in [4.78, 5) is 12.2. The summed E-state index contributed by atoms with van der Waals surface area (Å²) in [6.07, 6.45) is 0. The molecule has 1 atom stereocenters. The predicted molar refractivity (Wildman–Crippen MR) is 74.4 cm³/mol. The lowest BCUT2D eigenvalue weighted by molar-refractivity contribution is -0.122. The van der Waals surface area contributed by atoms with Crippen LogP contribution in [0.15, 0.2) is 42.5 Å². The largest absolute Gasteiger partial charge is 0.367 e. The molecular formula is C16H15FN2O. The molecule has 0 spiro atoms. The Balaban J connectivity index is 2.31. The number of nitrogens with one attached hydrogen (secondary N) is 1. The molecule has 2 aromatic rings. The first kappa shape index (κ1) is 12.8. The van der Waals surface area contributed by atoms with Crippen LogP contribution >= 0.6 is 0 Å². The molecule has 1 amide bonds. The first-order valence-corrected chi connectivity index (χ1v) is 6.45. The summed E-state index contributed by atoms with van der Waals surface area (Å²) in [5.74, 6) is -0.895. The van der Waals surface area contributed by atoms with Crippen molar-refractivity contribution in [2.75, 3.05) is 0 Å². The van der Waals surface area contributed by atoms with E-state index in [1.807, 2.05) is 31.2 Å². The van der Waals surface area contributed by atoms with Crippen molar-refractivity contribution < 1.29 is 9.18 Å². The van der Waals surface area contributed by atoms with Crippen LogP contribution in [-0.2, 0) is 16.9 Å². The van der Waals surface area contributed by atoms with E-state index in [0.29, 0.717) is 12.1 Å². The second kappa shape index (κ2) is 4.42. The molecule has 0 radical (unpaired) electrons. The average Bonchev–Trinajstić information content (AvgIpc) is 2.82. The Morgan fingerprint density at radius 1 is 1.25 bits per heavy atom. The average molecular weight is 270 g/mol. The topological polar surface area (TPSA) is 55.1 Å². The highest BCUT2D eigenvalue weighted by atomic mass is 19.1. The maximum atomic E-state index is 13.6. The predicted octanol–water partition coefficient (Wildman–Crippen LogP) is 1.97. The maximum absolute atomic E-state index is 13.6. The zero-order valence-electron chi connectivity index (χ0n) is 11.1. The van der Waals surface area contributed by atoms with E-state index in [1.165, 1.54) is 12.1 Å². The van der Waals surface area contributed by atoms with E-state index in [1.54, 1.807) is 6.07 Å². The highest BCUT2D eigenvalue weighted by Crippen LogP contribution is 2.38. The summed E-state index contributed by atoms with van der Waals surface area (Å²) in [7, 11) is 0. The first-order valence-electron chi connectivity index (χ1n) is 6.45. The molecule has 3 rings (SSSR count). The normalized spacial score (nSPS) is 20.7. The Morgan fingerprint density at radius 3 is 2.75 bits per heavy atom. The van der Waals surface area contributed by atoms with Crippen molar-refractivity contribution in [3.63, 3.8) is 0 Å².